The molecule has 32 heavy (non-hydrogen) atoms. The van der Waals surface area contributed by atoms with E-state index < -0.39 is 0 Å². The molecular weight excluding hydrogens is 392 g/mol. The Morgan fingerprint density at radius 2 is 1.53 bits per heavy atom. The number of rotatable bonds is 2. The number of allylic oxidation sites excluding steroid dienone is 1. The number of aliphatic hydroxyl groups is 2. The highest BCUT2D eigenvalue weighted by Gasteiger charge is 2.70. The molecule has 2 nitrogen and oxygen atoms in total. The fraction of sp³-hybridized carbons (Fsp3) is 0.933. The second-order valence-corrected chi connectivity index (χ2v) is 14.6. The summed E-state index contributed by atoms with van der Waals surface area (Å²) in [7, 11) is 0. The summed E-state index contributed by atoms with van der Waals surface area (Å²) in [5.41, 5.74) is 2.62. The summed E-state index contributed by atoms with van der Waals surface area (Å²) in [6.45, 7) is 19.6. The van der Waals surface area contributed by atoms with Crippen molar-refractivity contribution in [2.24, 2.45) is 56.7 Å². The molecule has 2 heteroatoms. The fourth-order valence-electron chi connectivity index (χ4n) is 11.5. The van der Waals surface area contributed by atoms with Crippen LogP contribution < -0.4 is 0 Å². The molecule has 0 aromatic carbocycles. The van der Waals surface area contributed by atoms with Gasteiger partial charge in [-0.25, -0.2) is 0 Å². The summed E-state index contributed by atoms with van der Waals surface area (Å²) in [4.78, 5) is 0. The third-order valence-corrected chi connectivity index (χ3v) is 13.6. The van der Waals surface area contributed by atoms with Crippen LogP contribution >= 0.6 is 0 Å². The average Bonchev–Trinajstić information content (AvgIpc) is 3.09. The van der Waals surface area contributed by atoms with Crippen molar-refractivity contribution < 1.29 is 10.2 Å². The molecule has 0 unspecified atom stereocenters. The van der Waals surface area contributed by atoms with Crippen LogP contribution in [-0.2, 0) is 0 Å². The molecule has 0 amide bonds. The van der Waals surface area contributed by atoms with Gasteiger partial charge in [0.05, 0.1) is 12.7 Å². The van der Waals surface area contributed by atoms with E-state index in [0.29, 0.717) is 28.1 Å². The minimum Gasteiger partial charge on any atom is -0.396 e. The first-order chi connectivity index (χ1) is 14.9. The van der Waals surface area contributed by atoms with E-state index in [1.807, 2.05) is 0 Å². The summed E-state index contributed by atoms with van der Waals surface area (Å²) >= 11 is 0. The third kappa shape index (κ3) is 2.66. The second kappa shape index (κ2) is 7.09. The first-order valence-corrected chi connectivity index (χ1v) is 13.8. The van der Waals surface area contributed by atoms with Crippen LogP contribution in [0.15, 0.2) is 12.2 Å². The lowest BCUT2D eigenvalue weighted by atomic mass is 9.32. The van der Waals surface area contributed by atoms with E-state index >= 15 is 0 Å². The number of fused-ring (bicyclic) bond motifs is 7. The van der Waals surface area contributed by atoms with Crippen molar-refractivity contribution in [3.05, 3.63) is 12.2 Å². The molecule has 0 aromatic heterocycles. The van der Waals surface area contributed by atoms with Crippen LogP contribution in [-0.4, -0.2) is 22.9 Å². The molecule has 0 radical (unpaired) electrons. The van der Waals surface area contributed by atoms with Gasteiger partial charge >= 0.3 is 0 Å². The zero-order valence-corrected chi connectivity index (χ0v) is 21.8. The van der Waals surface area contributed by atoms with Crippen LogP contribution in [0.25, 0.3) is 0 Å². The van der Waals surface area contributed by atoms with E-state index in [-0.39, 0.29) is 23.5 Å². The lowest BCUT2D eigenvalue weighted by Gasteiger charge is -2.73. The Labute approximate surface area is 197 Å². The van der Waals surface area contributed by atoms with Crippen LogP contribution in [0.1, 0.15) is 106 Å². The van der Waals surface area contributed by atoms with Crippen molar-refractivity contribution in [2.45, 2.75) is 112 Å². The first-order valence-electron chi connectivity index (χ1n) is 13.8. The molecule has 182 valence electrons. The maximum atomic E-state index is 10.9. The van der Waals surface area contributed by atoms with Crippen LogP contribution in [0, 0.1) is 56.7 Å². The highest BCUT2D eigenvalue weighted by atomic mass is 16.3. The minimum absolute atomic E-state index is 0.123. The van der Waals surface area contributed by atoms with Gasteiger partial charge in [0.1, 0.15) is 0 Å². The number of aliphatic hydroxyl groups excluding tert-OH is 2. The van der Waals surface area contributed by atoms with E-state index in [0.717, 1.165) is 30.6 Å². The molecule has 5 fully saturated rings. The average molecular weight is 443 g/mol. The second-order valence-electron chi connectivity index (χ2n) is 14.6. The van der Waals surface area contributed by atoms with Gasteiger partial charge in [0, 0.05) is 5.41 Å². The summed E-state index contributed by atoms with van der Waals surface area (Å²) in [6, 6.07) is 0. The SMILES string of the molecule is C=C(C)[C@@H]1CC[C@]2(C)CC[C@]3(C)[C@H](CC[C@@H]4[C@@]5(C)CC[C@H](O)[C@](C)(CO)[C@@H]5CC[C@]43C)[C@H]12. The summed E-state index contributed by atoms with van der Waals surface area (Å²) < 4.78 is 0. The van der Waals surface area contributed by atoms with Crippen LogP contribution in [0.3, 0.4) is 0 Å². The van der Waals surface area contributed by atoms with E-state index in [9.17, 15) is 10.2 Å². The molecule has 5 aliphatic carbocycles. The smallest absolute Gasteiger partial charge is 0.0618 e. The lowest BCUT2D eigenvalue weighted by Crippen LogP contribution is -2.67. The van der Waals surface area contributed by atoms with Gasteiger partial charge < -0.3 is 10.2 Å². The largest absolute Gasteiger partial charge is 0.396 e. The topological polar surface area (TPSA) is 40.5 Å². The molecule has 2 N–H and O–H groups in total. The highest BCUT2D eigenvalue weighted by Crippen LogP contribution is 2.77. The predicted octanol–water partition coefficient (Wildman–Crippen LogP) is 7.00. The molecule has 5 rings (SSSR count). The van der Waals surface area contributed by atoms with Gasteiger partial charge in [0.2, 0.25) is 0 Å². The van der Waals surface area contributed by atoms with Gasteiger partial charge in [-0.3, -0.25) is 0 Å². The van der Waals surface area contributed by atoms with Crippen LogP contribution in [0.4, 0.5) is 0 Å². The normalized spacial score (nSPS) is 59.5. The Morgan fingerprint density at radius 1 is 0.812 bits per heavy atom. The Morgan fingerprint density at radius 3 is 2.19 bits per heavy atom. The summed E-state index contributed by atoms with van der Waals surface area (Å²) in [5, 5.41) is 21.3. The van der Waals surface area contributed by atoms with Crippen molar-refractivity contribution in [2.75, 3.05) is 6.61 Å². The first kappa shape index (κ1) is 23.4. The monoisotopic (exact) mass is 442 g/mol. The lowest BCUT2D eigenvalue weighted by molar-refractivity contribution is -0.253. The van der Waals surface area contributed by atoms with Crippen molar-refractivity contribution in [1.82, 2.24) is 0 Å². The van der Waals surface area contributed by atoms with Gasteiger partial charge in [-0.2, -0.15) is 0 Å². The molecule has 11 atom stereocenters. The summed E-state index contributed by atoms with van der Waals surface area (Å²) in [5.74, 6) is 3.51. The molecule has 5 saturated carbocycles. The molecule has 0 spiro atoms. The van der Waals surface area contributed by atoms with Gasteiger partial charge in [0.25, 0.3) is 0 Å². The Kier molecular flexibility index (Phi) is 5.19. The van der Waals surface area contributed by atoms with E-state index in [1.165, 1.54) is 56.9 Å². The molecule has 0 aromatic rings. The molecule has 5 aliphatic rings. The van der Waals surface area contributed by atoms with Gasteiger partial charge in [-0.15, -0.1) is 0 Å². The number of hydrogen-bond donors (Lipinski definition) is 2. The Hall–Kier alpha value is -0.340. The highest BCUT2D eigenvalue weighted by molar-refractivity contribution is 5.21. The minimum atomic E-state index is -0.355. The van der Waals surface area contributed by atoms with Gasteiger partial charge in [0.15, 0.2) is 0 Å². The Bertz CT molecular complexity index is 790. The molecular formula is C30H50O2. The zero-order chi connectivity index (χ0) is 23.3. The van der Waals surface area contributed by atoms with Crippen LogP contribution in [0.5, 0.6) is 0 Å². The van der Waals surface area contributed by atoms with Crippen molar-refractivity contribution >= 4 is 0 Å². The fourth-order valence-corrected chi connectivity index (χ4v) is 11.5. The molecule has 0 saturated heterocycles. The van der Waals surface area contributed by atoms with Crippen LogP contribution in [0.2, 0.25) is 0 Å². The Balaban J connectivity index is 1.54. The summed E-state index contributed by atoms with van der Waals surface area (Å²) in [6.07, 6.45) is 12.3. The molecule has 0 aliphatic heterocycles. The van der Waals surface area contributed by atoms with E-state index in [4.69, 9.17) is 0 Å². The third-order valence-electron chi connectivity index (χ3n) is 13.6. The van der Waals surface area contributed by atoms with Crippen molar-refractivity contribution in [3.63, 3.8) is 0 Å². The molecule has 0 bridgehead atoms. The standard InChI is InChI=1S/C30H50O2/c1-19(2)20-10-13-26(3)16-17-29(6)21(25(20)26)8-9-23-27(4)14-12-24(32)28(5,18-31)22(27)11-15-30(23,29)7/h20-25,31-32H,1,8-18H2,2-7H3/t20-,21+,22+,23+,24-,25-,26+,27-,28+,29+,30+/m0/s1. The maximum absolute atomic E-state index is 10.9. The maximum Gasteiger partial charge on any atom is 0.0618 e. The van der Waals surface area contributed by atoms with Gasteiger partial charge in [-0.1, -0.05) is 46.8 Å². The van der Waals surface area contributed by atoms with Gasteiger partial charge in [-0.05, 0) is 122 Å². The van der Waals surface area contributed by atoms with Crippen molar-refractivity contribution in [3.8, 4) is 0 Å². The van der Waals surface area contributed by atoms with Crippen molar-refractivity contribution in [1.29, 1.82) is 0 Å². The number of hydrogen-bond acceptors (Lipinski definition) is 2. The predicted molar refractivity (Wildman–Crippen MR) is 132 cm³/mol. The zero-order valence-electron chi connectivity index (χ0n) is 21.8. The quantitative estimate of drug-likeness (QED) is 0.452. The molecule has 0 heterocycles. The van der Waals surface area contributed by atoms with E-state index in [1.54, 1.807) is 0 Å². The van der Waals surface area contributed by atoms with E-state index in [2.05, 4.69) is 48.1 Å².